The molecule has 0 saturated heterocycles. The predicted molar refractivity (Wildman–Crippen MR) is 87.8 cm³/mol. The Hall–Kier alpha value is -2.40. The Balaban J connectivity index is 1.78. The molecule has 0 radical (unpaired) electrons. The fourth-order valence-electron chi connectivity index (χ4n) is 2.90. The summed E-state index contributed by atoms with van der Waals surface area (Å²) in [5, 5.41) is 12.5. The van der Waals surface area contributed by atoms with E-state index in [9.17, 15) is 14.7 Å². The van der Waals surface area contributed by atoms with Crippen molar-refractivity contribution in [3.63, 3.8) is 0 Å². The van der Waals surface area contributed by atoms with E-state index in [-0.39, 0.29) is 23.6 Å². The van der Waals surface area contributed by atoms with E-state index < -0.39 is 0 Å². The van der Waals surface area contributed by atoms with Gasteiger partial charge in [-0.05, 0) is 43.9 Å². The van der Waals surface area contributed by atoms with E-state index in [0.29, 0.717) is 18.4 Å². The molecule has 1 aromatic carbocycles. The highest BCUT2D eigenvalue weighted by Crippen LogP contribution is 2.18. The van der Waals surface area contributed by atoms with Crippen LogP contribution in [0, 0.1) is 0 Å². The zero-order valence-electron chi connectivity index (χ0n) is 12.8. The van der Waals surface area contributed by atoms with Gasteiger partial charge in [-0.15, -0.1) is 0 Å². The number of carbonyl (C=O) groups excluding carboxylic acids is 1. The van der Waals surface area contributed by atoms with Gasteiger partial charge in [-0.3, -0.25) is 14.2 Å². The van der Waals surface area contributed by atoms with Crippen LogP contribution in [-0.4, -0.2) is 27.7 Å². The summed E-state index contributed by atoms with van der Waals surface area (Å²) in [4.78, 5) is 24.4. The van der Waals surface area contributed by atoms with E-state index in [0.717, 1.165) is 18.5 Å². The molecule has 1 aliphatic rings. The number of nitrogens with one attached hydrogen (secondary N) is 1. The number of rotatable bonds is 3. The number of hydrogen-bond donors (Lipinski definition) is 2. The van der Waals surface area contributed by atoms with E-state index in [2.05, 4.69) is 5.32 Å². The largest absolute Gasteiger partial charge is 0.393 e. The van der Waals surface area contributed by atoms with Crippen molar-refractivity contribution in [3.8, 4) is 5.69 Å². The van der Waals surface area contributed by atoms with Crippen LogP contribution in [-0.2, 0) is 0 Å². The van der Waals surface area contributed by atoms with Gasteiger partial charge in [0.25, 0.3) is 11.5 Å². The lowest BCUT2D eigenvalue weighted by Gasteiger charge is -2.26. The summed E-state index contributed by atoms with van der Waals surface area (Å²) < 4.78 is 1.47. The molecule has 3 rings (SSSR count). The van der Waals surface area contributed by atoms with Crippen molar-refractivity contribution in [2.45, 2.75) is 37.8 Å². The van der Waals surface area contributed by atoms with E-state index in [4.69, 9.17) is 0 Å². The Labute approximate surface area is 134 Å². The van der Waals surface area contributed by atoms with Crippen molar-refractivity contribution in [1.29, 1.82) is 0 Å². The third kappa shape index (κ3) is 3.68. The Morgan fingerprint density at radius 2 is 1.74 bits per heavy atom. The molecule has 5 nitrogen and oxygen atoms in total. The van der Waals surface area contributed by atoms with Gasteiger partial charge in [-0.25, -0.2) is 0 Å². The first-order valence-corrected chi connectivity index (χ1v) is 7.90. The van der Waals surface area contributed by atoms with Gasteiger partial charge < -0.3 is 10.4 Å². The standard InChI is InChI=1S/C18H20N2O3/c21-16-9-7-14(8-10-16)19-18(23)13-6-11-17(22)20(12-13)15-4-2-1-3-5-15/h1-6,11-12,14,16,21H,7-10H2,(H,19,23). The lowest BCUT2D eigenvalue weighted by Crippen LogP contribution is -2.39. The maximum Gasteiger partial charge on any atom is 0.255 e. The number of nitrogens with zero attached hydrogens (tertiary/aromatic N) is 1. The van der Waals surface area contributed by atoms with E-state index in [1.54, 1.807) is 12.3 Å². The molecule has 0 bridgehead atoms. The van der Waals surface area contributed by atoms with Crippen molar-refractivity contribution >= 4 is 5.91 Å². The number of aromatic nitrogens is 1. The molecule has 2 aromatic rings. The van der Waals surface area contributed by atoms with Crippen LogP contribution >= 0.6 is 0 Å². The molecule has 2 N–H and O–H groups in total. The Kier molecular flexibility index (Phi) is 4.57. The molecule has 0 atom stereocenters. The normalized spacial score (nSPS) is 20.9. The maximum atomic E-state index is 12.4. The number of benzene rings is 1. The molecule has 1 heterocycles. The SMILES string of the molecule is O=C(NC1CCC(O)CC1)c1ccc(=O)n(-c2ccccc2)c1. The number of carbonyl (C=O) groups is 1. The van der Waals surface area contributed by atoms with E-state index >= 15 is 0 Å². The number of pyridine rings is 1. The molecule has 0 spiro atoms. The number of aliphatic hydroxyl groups is 1. The molecule has 0 unspecified atom stereocenters. The minimum Gasteiger partial charge on any atom is -0.393 e. The van der Waals surface area contributed by atoms with Gasteiger partial charge in [0.15, 0.2) is 0 Å². The number of amides is 1. The average molecular weight is 312 g/mol. The Bertz CT molecular complexity index is 731. The summed E-state index contributed by atoms with van der Waals surface area (Å²) in [6.45, 7) is 0. The number of para-hydroxylation sites is 1. The first-order valence-electron chi connectivity index (χ1n) is 7.90. The van der Waals surface area contributed by atoms with Gasteiger partial charge >= 0.3 is 0 Å². The second-order valence-electron chi connectivity index (χ2n) is 5.94. The fraction of sp³-hybridized carbons (Fsp3) is 0.333. The smallest absolute Gasteiger partial charge is 0.255 e. The first kappa shape index (κ1) is 15.5. The number of hydrogen-bond acceptors (Lipinski definition) is 3. The molecule has 1 saturated carbocycles. The maximum absolute atomic E-state index is 12.4. The second kappa shape index (κ2) is 6.79. The van der Waals surface area contributed by atoms with Crippen LogP contribution in [0.3, 0.4) is 0 Å². The van der Waals surface area contributed by atoms with Crippen LogP contribution in [0.4, 0.5) is 0 Å². The summed E-state index contributed by atoms with van der Waals surface area (Å²) in [5.74, 6) is -0.184. The van der Waals surface area contributed by atoms with Crippen molar-refractivity contribution < 1.29 is 9.90 Å². The van der Waals surface area contributed by atoms with Crippen molar-refractivity contribution in [1.82, 2.24) is 9.88 Å². The highest BCUT2D eigenvalue weighted by atomic mass is 16.3. The van der Waals surface area contributed by atoms with Crippen molar-refractivity contribution in [2.24, 2.45) is 0 Å². The summed E-state index contributed by atoms with van der Waals surface area (Å²) in [7, 11) is 0. The Morgan fingerprint density at radius 1 is 1.04 bits per heavy atom. The summed E-state index contributed by atoms with van der Waals surface area (Å²) >= 11 is 0. The van der Waals surface area contributed by atoms with E-state index in [1.165, 1.54) is 10.6 Å². The monoisotopic (exact) mass is 312 g/mol. The first-order chi connectivity index (χ1) is 11.1. The molecule has 5 heteroatoms. The zero-order valence-corrected chi connectivity index (χ0v) is 12.8. The quantitative estimate of drug-likeness (QED) is 0.909. The molecular formula is C18H20N2O3. The second-order valence-corrected chi connectivity index (χ2v) is 5.94. The number of aliphatic hydroxyl groups excluding tert-OH is 1. The van der Waals surface area contributed by atoms with Crippen LogP contribution < -0.4 is 10.9 Å². The van der Waals surface area contributed by atoms with Gasteiger partial charge in [0.05, 0.1) is 11.7 Å². The molecule has 1 fully saturated rings. The molecular weight excluding hydrogens is 292 g/mol. The van der Waals surface area contributed by atoms with Crippen LogP contribution in [0.25, 0.3) is 5.69 Å². The lowest BCUT2D eigenvalue weighted by molar-refractivity contribution is 0.0867. The third-order valence-corrected chi connectivity index (χ3v) is 4.24. The zero-order chi connectivity index (χ0) is 16.2. The van der Waals surface area contributed by atoms with Crippen LogP contribution in [0.1, 0.15) is 36.0 Å². The Morgan fingerprint density at radius 3 is 2.43 bits per heavy atom. The summed E-state index contributed by atoms with van der Waals surface area (Å²) in [5.41, 5.74) is 1.01. The molecule has 1 amide bonds. The van der Waals surface area contributed by atoms with Crippen molar-refractivity contribution in [3.05, 3.63) is 64.6 Å². The fourth-order valence-corrected chi connectivity index (χ4v) is 2.90. The highest BCUT2D eigenvalue weighted by molar-refractivity contribution is 5.94. The average Bonchev–Trinajstić information content (AvgIpc) is 2.58. The van der Waals surface area contributed by atoms with Crippen LogP contribution in [0.15, 0.2) is 53.5 Å². The lowest BCUT2D eigenvalue weighted by atomic mass is 9.93. The summed E-state index contributed by atoms with van der Waals surface area (Å²) in [6, 6.07) is 12.3. The molecule has 0 aliphatic heterocycles. The molecule has 23 heavy (non-hydrogen) atoms. The van der Waals surface area contributed by atoms with Gasteiger partial charge in [-0.2, -0.15) is 0 Å². The summed E-state index contributed by atoms with van der Waals surface area (Å²) in [6.07, 6.45) is 4.33. The van der Waals surface area contributed by atoms with Gasteiger partial charge in [-0.1, -0.05) is 18.2 Å². The third-order valence-electron chi connectivity index (χ3n) is 4.24. The minimum atomic E-state index is -0.247. The van der Waals surface area contributed by atoms with Crippen LogP contribution in [0.2, 0.25) is 0 Å². The highest BCUT2D eigenvalue weighted by Gasteiger charge is 2.21. The predicted octanol–water partition coefficient (Wildman–Crippen LogP) is 1.87. The molecule has 120 valence electrons. The van der Waals surface area contributed by atoms with Gasteiger partial charge in [0, 0.05) is 24.0 Å². The van der Waals surface area contributed by atoms with Crippen molar-refractivity contribution in [2.75, 3.05) is 0 Å². The molecule has 1 aliphatic carbocycles. The van der Waals surface area contributed by atoms with E-state index in [1.807, 2.05) is 30.3 Å². The topological polar surface area (TPSA) is 71.3 Å². The minimum absolute atomic E-state index is 0.0861. The van der Waals surface area contributed by atoms with Gasteiger partial charge in [0.1, 0.15) is 0 Å². The van der Waals surface area contributed by atoms with Gasteiger partial charge in [0.2, 0.25) is 0 Å². The molecule has 1 aromatic heterocycles. The van der Waals surface area contributed by atoms with Crippen LogP contribution in [0.5, 0.6) is 0 Å².